The average Bonchev–Trinajstić information content (AvgIpc) is 3.40. The normalized spacial score (nSPS) is 13.3. The van der Waals surface area contributed by atoms with Crippen molar-refractivity contribution in [2.45, 2.75) is 17.7 Å². The fourth-order valence-electron chi connectivity index (χ4n) is 3.93. The second-order valence-electron chi connectivity index (χ2n) is 8.06. The van der Waals surface area contributed by atoms with E-state index in [1.165, 1.54) is 37.4 Å². The quantitative estimate of drug-likeness (QED) is 0.312. The summed E-state index contributed by atoms with van der Waals surface area (Å²) in [6, 6.07) is 14.6. The maximum atomic E-state index is 13.0. The zero-order valence-corrected chi connectivity index (χ0v) is 20.8. The van der Waals surface area contributed by atoms with Gasteiger partial charge in [-0.1, -0.05) is 23.7 Å². The van der Waals surface area contributed by atoms with Crippen LogP contribution in [-0.2, 0) is 10.0 Å². The van der Waals surface area contributed by atoms with Crippen molar-refractivity contribution in [1.82, 2.24) is 0 Å². The Hall–Kier alpha value is -3.83. The number of rotatable bonds is 8. The fourth-order valence-corrected chi connectivity index (χ4v) is 5.19. The van der Waals surface area contributed by atoms with E-state index in [9.17, 15) is 23.3 Å². The molecule has 0 atom stereocenters. The molecule has 0 bridgehead atoms. The van der Waals surface area contributed by atoms with Crippen LogP contribution in [0.3, 0.4) is 0 Å². The average molecular weight is 531 g/mol. The molecule has 0 spiro atoms. The number of anilines is 3. The van der Waals surface area contributed by atoms with Crippen LogP contribution in [-0.4, -0.2) is 39.4 Å². The van der Waals surface area contributed by atoms with Gasteiger partial charge < -0.3 is 15.0 Å². The van der Waals surface area contributed by atoms with E-state index in [0.29, 0.717) is 24.5 Å². The van der Waals surface area contributed by atoms with Gasteiger partial charge >= 0.3 is 0 Å². The van der Waals surface area contributed by atoms with E-state index in [0.717, 1.165) is 12.8 Å². The van der Waals surface area contributed by atoms with Crippen LogP contribution < -0.4 is 19.7 Å². The number of amides is 1. The molecule has 1 saturated heterocycles. The predicted molar refractivity (Wildman–Crippen MR) is 138 cm³/mol. The first-order valence-corrected chi connectivity index (χ1v) is 12.9. The van der Waals surface area contributed by atoms with Gasteiger partial charge in [-0.3, -0.25) is 19.6 Å². The number of carbonyl (C=O) groups is 1. The van der Waals surface area contributed by atoms with E-state index in [1.54, 1.807) is 30.3 Å². The van der Waals surface area contributed by atoms with Crippen LogP contribution in [0.25, 0.3) is 0 Å². The van der Waals surface area contributed by atoms with E-state index in [1.807, 2.05) is 4.90 Å². The minimum atomic E-state index is -4.05. The molecule has 0 unspecified atom stereocenters. The van der Waals surface area contributed by atoms with Crippen molar-refractivity contribution in [2.75, 3.05) is 35.1 Å². The highest BCUT2D eigenvalue weighted by Crippen LogP contribution is 2.33. The van der Waals surface area contributed by atoms with Crippen molar-refractivity contribution in [3.63, 3.8) is 0 Å². The summed E-state index contributed by atoms with van der Waals surface area (Å²) in [5.74, 6) is -0.331. The topological polar surface area (TPSA) is 131 Å². The van der Waals surface area contributed by atoms with E-state index < -0.39 is 20.9 Å². The molecule has 1 fully saturated rings. The summed E-state index contributed by atoms with van der Waals surface area (Å²) in [5.41, 5.74) is 0.610. The molecule has 3 aromatic rings. The molecule has 1 aliphatic rings. The van der Waals surface area contributed by atoms with Gasteiger partial charge in [0.15, 0.2) is 0 Å². The Bertz CT molecular complexity index is 1420. The number of nitro benzene ring substituents is 1. The number of hydrogen-bond acceptors (Lipinski definition) is 7. The first-order valence-electron chi connectivity index (χ1n) is 11.0. The largest absolute Gasteiger partial charge is 0.495 e. The molecule has 1 aliphatic heterocycles. The highest BCUT2D eigenvalue weighted by molar-refractivity contribution is 7.92. The Kier molecular flexibility index (Phi) is 7.32. The third-order valence-corrected chi connectivity index (χ3v) is 7.42. The lowest BCUT2D eigenvalue weighted by Gasteiger charge is -2.18. The van der Waals surface area contributed by atoms with Gasteiger partial charge in [0.25, 0.3) is 21.6 Å². The number of halogens is 1. The molecule has 12 heteroatoms. The first kappa shape index (κ1) is 25.3. The molecule has 1 amide bonds. The third kappa shape index (κ3) is 5.37. The van der Waals surface area contributed by atoms with Gasteiger partial charge in [0.1, 0.15) is 11.4 Å². The number of sulfonamides is 1. The molecule has 4 rings (SSSR count). The third-order valence-electron chi connectivity index (χ3n) is 5.73. The van der Waals surface area contributed by atoms with Crippen molar-refractivity contribution < 1.29 is 22.9 Å². The van der Waals surface area contributed by atoms with Crippen LogP contribution >= 0.6 is 11.6 Å². The van der Waals surface area contributed by atoms with Crippen LogP contribution in [0, 0.1) is 10.1 Å². The minimum absolute atomic E-state index is 0.0378. The molecule has 0 aliphatic carbocycles. The van der Waals surface area contributed by atoms with E-state index >= 15 is 0 Å². The molecule has 0 saturated carbocycles. The molecule has 0 radical (unpaired) electrons. The number of carbonyl (C=O) groups excluding carboxylic acids is 1. The smallest absolute Gasteiger partial charge is 0.293 e. The lowest BCUT2D eigenvalue weighted by molar-refractivity contribution is -0.384. The number of methoxy groups -OCH3 is 1. The van der Waals surface area contributed by atoms with E-state index in [4.69, 9.17) is 16.3 Å². The van der Waals surface area contributed by atoms with Gasteiger partial charge in [-0.2, -0.15) is 0 Å². The number of benzene rings is 3. The van der Waals surface area contributed by atoms with Crippen LogP contribution in [0.15, 0.2) is 65.6 Å². The van der Waals surface area contributed by atoms with Crippen LogP contribution in [0.1, 0.15) is 23.2 Å². The number of para-hydroxylation sites is 2. The van der Waals surface area contributed by atoms with Crippen LogP contribution in [0.4, 0.5) is 22.7 Å². The van der Waals surface area contributed by atoms with Gasteiger partial charge in [0, 0.05) is 24.7 Å². The van der Waals surface area contributed by atoms with Crippen molar-refractivity contribution in [3.8, 4) is 5.75 Å². The Morgan fingerprint density at radius 1 is 1.06 bits per heavy atom. The number of nitrogens with zero attached hydrogens (tertiary/aromatic N) is 2. The number of nitrogens with one attached hydrogen (secondary N) is 2. The summed E-state index contributed by atoms with van der Waals surface area (Å²) in [7, 11) is -2.63. The summed E-state index contributed by atoms with van der Waals surface area (Å²) in [4.78, 5) is 25.8. The zero-order chi connectivity index (χ0) is 25.9. The van der Waals surface area contributed by atoms with Gasteiger partial charge in [-0.25, -0.2) is 8.42 Å². The molecule has 3 aromatic carbocycles. The first-order chi connectivity index (χ1) is 17.2. The Labute approximate surface area is 213 Å². The standard InChI is InChI=1S/C24H23ClN4O6S/c1-35-23-7-3-2-6-19(23)27-36(33,34)17-9-10-18(25)20(15-17)26-24(30)16-8-11-21(22(14-16)29(31)32)28-12-4-5-13-28/h2-3,6-11,14-15,27H,4-5,12-13H2,1H3,(H,26,30). The maximum absolute atomic E-state index is 13.0. The second kappa shape index (κ2) is 10.4. The summed E-state index contributed by atoms with van der Waals surface area (Å²) in [6.45, 7) is 1.43. The number of ether oxygens (including phenoxy) is 1. The molecular formula is C24H23ClN4O6S. The molecule has 0 aromatic heterocycles. The van der Waals surface area contributed by atoms with E-state index in [2.05, 4.69) is 10.0 Å². The van der Waals surface area contributed by atoms with Crippen molar-refractivity contribution in [3.05, 3.63) is 81.4 Å². The molecule has 1 heterocycles. The molecule has 2 N–H and O–H groups in total. The van der Waals surface area contributed by atoms with Crippen LogP contribution in [0.2, 0.25) is 5.02 Å². The zero-order valence-electron chi connectivity index (χ0n) is 19.2. The monoisotopic (exact) mass is 530 g/mol. The number of nitro groups is 1. The van der Waals surface area contributed by atoms with Gasteiger partial charge in [0.05, 0.1) is 33.3 Å². The molecule has 36 heavy (non-hydrogen) atoms. The lowest BCUT2D eigenvalue weighted by atomic mass is 10.1. The van der Waals surface area contributed by atoms with Gasteiger partial charge in [-0.05, 0) is 55.3 Å². The molecular weight excluding hydrogens is 508 g/mol. The van der Waals surface area contributed by atoms with Crippen LogP contribution in [0.5, 0.6) is 5.75 Å². The highest BCUT2D eigenvalue weighted by Gasteiger charge is 2.24. The fraction of sp³-hybridized carbons (Fsp3) is 0.208. The Balaban J connectivity index is 1.59. The second-order valence-corrected chi connectivity index (χ2v) is 10.1. The summed E-state index contributed by atoms with van der Waals surface area (Å²) in [6.07, 6.45) is 1.89. The van der Waals surface area contributed by atoms with Gasteiger partial charge in [0.2, 0.25) is 0 Å². The summed E-state index contributed by atoms with van der Waals surface area (Å²) < 4.78 is 33.6. The Morgan fingerprint density at radius 3 is 2.47 bits per heavy atom. The van der Waals surface area contributed by atoms with Crippen molar-refractivity contribution in [1.29, 1.82) is 0 Å². The van der Waals surface area contributed by atoms with Gasteiger partial charge in [-0.15, -0.1) is 0 Å². The summed E-state index contributed by atoms with van der Waals surface area (Å²) >= 11 is 6.21. The maximum Gasteiger partial charge on any atom is 0.293 e. The molecule has 188 valence electrons. The predicted octanol–water partition coefficient (Wildman–Crippen LogP) is 4.91. The van der Waals surface area contributed by atoms with E-state index in [-0.39, 0.29) is 32.5 Å². The lowest BCUT2D eigenvalue weighted by Crippen LogP contribution is -2.20. The number of hydrogen-bond donors (Lipinski definition) is 2. The summed E-state index contributed by atoms with van der Waals surface area (Å²) in [5, 5.41) is 14.3. The SMILES string of the molecule is COc1ccccc1NS(=O)(=O)c1ccc(Cl)c(NC(=O)c2ccc(N3CCCC3)c([N+](=O)[O-])c2)c1. The Morgan fingerprint density at radius 2 is 1.78 bits per heavy atom. The van der Waals surface area contributed by atoms with Crippen molar-refractivity contribution >= 4 is 50.3 Å². The molecule has 10 nitrogen and oxygen atoms in total. The minimum Gasteiger partial charge on any atom is -0.495 e. The van der Waals surface area contributed by atoms with Crippen molar-refractivity contribution in [2.24, 2.45) is 0 Å². The highest BCUT2D eigenvalue weighted by atomic mass is 35.5.